The molecule has 1 aromatic carbocycles. The van der Waals surface area contributed by atoms with Gasteiger partial charge in [0.2, 0.25) is 0 Å². The highest BCUT2D eigenvalue weighted by atomic mass is 16.5. The molecule has 1 aromatic rings. The highest BCUT2D eigenvalue weighted by Gasteiger charge is 2.36. The molecule has 0 spiro atoms. The maximum absolute atomic E-state index is 9.85. The number of benzene rings is 1. The Bertz CT molecular complexity index is 388. The zero-order valence-corrected chi connectivity index (χ0v) is 10.2. The molecular formula is C14H18O2. The normalized spacial score (nSPS) is 11.6. The molecule has 0 aliphatic carbocycles. The van der Waals surface area contributed by atoms with Crippen LogP contribution >= 0.6 is 0 Å². The van der Waals surface area contributed by atoms with Crippen molar-refractivity contribution in [2.24, 2.45) is 0 Å². The first-order valence-electron chi connectivity index (χ1n) is 5.29. The molecule has 0 bridgehead atoms. The second-order valence-electron chi connectivity index (χ2n) is 4.76. The van der Waals surface area contributed by atoms with Crippen LogP contribution in [0.5, 0.6) is 0 Å². The second kappa shape index (κ2) is 4.59. The predicted octanol–water partition coefficient (Wildman–Crippen LogP) is 2.56. The minimum absolute atomic E-state index is 0.700. The lowest BCUT2D eigenvalue weighted by molar-refractivity contribution is -0.106. The highest BCUT2D eigenvalue weighted by Crippen LogP contribution is 2.24. The SMILES string of the molecule is CC(C)(O)C(C)(C)OC#Cc1ccccc1. The molecule has 0 heterocycles. The van der Waals surface area contributed by atoms with E-state index in [9.17, 15) is 5.11 Å². The topological polar surface area (TPSA) is 29.5 Å². The number of ether oxygens (including phenoxy) is 1. The largest absolute Gasteiger partial charge is 0.437 e. The lowest BCUT2D eigenvalue weighted by Crippen LogP contribution is -2.46. The van der Waals surface area contributed by atoms with Crippen LogP contribution in [0.1, 0.15) is 33.3 Å². The Hall–Kier alpha value is -1.46. The van der Waals surface area contributed by atoms with E-state index in [1.165, 1.54) is 0 Å². The van der Waals surface area contributed by atoms with Crippen LogP contribution in [0.4, 0.5) is 0 Å². The minimum Gasteiger partial charge on any atom is -0.437 e. The maximum Gasteiger partial charge on any atom is 0.143 e. The Morgan fingerprint density at radius 1 is 1.06 bits per heavy atom. The Morgan fingerprint density at radius 3 is 2.12 bits per heavy atom. The standard InChI is InChI=1S/C14H18O2/c1-13(2,15)14(3,4)16-11-10-12-8-6-5-7-9-12/h5-9,15H,1-4H3. The van der Waals surface area contributed by atoms with Crippen LogP contribution in [0.2, 0.25) is 0 Å². The molecule has 0 aliphatic rings. The van der Waals surface area contributed by atoms with Crippen LogP contribution in [0.3, 0.4) is 0 Å². The molecule has 0 fully saturated rings. The van der Waals surface area contributed by atoms with Crippen molar-refractivity contribution in [3.8, 4) is 12.0 Å². The molecular weight excluding hydrogens is 200 g/mol. The van der Waals surface area contributed by atoms with Crippen molar-refractivity contribution < 1.29 is 9.84 Å². The first-order chi connectivity index (χ1) is 7.33. The molecule has 0 atom stereocenters. The quantitative estimate of drug-likeness (QED) is 0.773. The van der Waals surface area contributed by atoms with E-state index < -0.39 is 11.2 Å². The van der Waals surface area contributed by atoms with Crippen molar-refractivity contribution in [3.63, 3.8) is 0 Å². The summed E-state index contributed by atoms with van der Waals surface area (Å²) in [6.07, 6.45) is 2.64. The van der Waals surface area contributed by atoms with Gasteiger partial charge in [-0.3, -0.25) is 0 Å². The summed E-state index contributed by atoms with van der Waals surface area (Å²) in [5.41, 5.74) is -0.735. The number of aliphatic hydroxyl groups is 1. The summed E-state index contributed by atoms with van der Waals surface area (Å²) in [7, 11) is 0. The molecule has 2 nitrogen and oxygen atoms in total. The van der Waals surface area contributed by atoms with Gasteiger partial charge in [-0.05, 0) is 45.7 Å². The fraction of sp³-hybridized carbons (Fsp3) is 0.429. The lowest BCUT2D eigenvalue weighted by atomic mass is 9.90. The average molecular weight is 218 g/mol. The molecule has 0 saturated heterocycles. The molecule has 1 N–H and O–H groups in total. The van der Waals surface area contributed by atoms with Gasteiger partial charge in [0.1, 0.15) is 11.7 Å². The number of hydrogen-bond acceptors (Lipinski definition) is 2. The Balaban J connectivity index is 2.69. The molecule has 86 valence electrons. The molecule has 0 amide bonds. The van der Waals surface area contributed by atoms with Crippen molar-refractivity contribution in [1.29, 1.82) is 0 Å². The van der Waals surface area contributed by atoms with Crippen molar-refractivity contribution in [1.82, 2.24) is 0 Å². The fourth-order valence-corrected chi connectivity index (χ4v) is 0.858. The summed E-state index contributed by atoms with van der Waals surface area (Å²) < 4.78 is 5.39. The van der Waals surface area contributed by atoms with E-state index in [1.807, 2.05) is 44.2 Å². The Morgan fingerprint density at radius 2 is 1.62 bits per heavy atom. The van der Waals surface area contributed by atoms with E-state index in [1.54, 1.807) is 13.8 Å². The smallest absolute Gasteiger partial charge is 0.143 e. The molecule has 1 rings (SSSR count). The summed E-state index contributed by atoms with van der Waals surface area (Å²) in [5.74, 6) is 2.89. The van der Waals surface area contributed by atoms with Crippen LogP contribution in [-0.4, -0.2) is 16.3 Å². The number of rotatable bonds is 2. The fourth-order valence-electron chi connectivity index (χ4n) is 0.858. The highest BCUT2D eigenvalue weighted by molar-refractivity contribution is 5.32. The van der Waals surface area contributed by atoms with Crippen LogP contribution in [0, 0.1) is 12.0 Å². The third-order valence-corrected chi connectivity index (χ3v) is 2.75. The lowest BCUT2D eigenvalue weighted by Gasteiger charge is -2.34. The molecule has 2 heteroatoms. The van der Waals surface area contributed by atoms with Crippen LogP contribution in [-0.2, 0) is 4.74 Å². The minimum atomic E-state index is -0.932. The molecule has 0 aromatic heterocycles. The van der Waals surface area contributed by atoms with E-state index in [0.717, 1.165) is 5.56 Å². The van der Waals surface area contributed by atoms with Gasteiger partial charge in [-0.1, -0.05) is 18.2 Å². The summed E-state index contributed by atoms with van der Waals surface area (Å²) in [6, 6.07) is 9.60. The maximum atomic E-state index is 9.85. The zero-order valence-electron chi connectivity index (χ0n) is 10.2. The van der Waals surface area contributed by atoms with Gasteiger partial charge < -0.3 is 9.84 Å². The Kier molecular flexibility index (Phi) is 3.62. The van der Waals surface area contributed by atoms with Crippen LogP contribution in [0.15, 0.2) is 30.3 Å². The third-order valence-electron chi connectivity index (χ3n) is 2.75. The van der Waals surface area contributed by atoms with Crippen molar-refractivity contribution in [2.45, 2.75) is 38.9 Å². The summed E-state index contributed by atoms with van der Waals surface area (Å²) in [6.45, 7) is 7.04. The van der Waals surface area contributed by atoms with Crippen molar-refractivity contribution in [3.05, 3.63) is 35.9 Å². The van der Waals surface area contributed by atoms with E-state index >= 15 is 0 Å². The van der Waals surface area contributed by atoms with Crippen LogP contribution in [0.25, 0.3) is 0 Å². The summed E-state index contributed by atoms with van der Waals surface area (Å²) >= 11 is 0. The van der Waals surface area contributed by atoms with Gasteiger partial charge in [-0.25, -0.2) is 0 Å². The van der Waals surface area contributed by atoms with Gasteiger partial charge in [0, 0.05) is 5.56 Å². The van der Waals surface area contributed by atoms with Gasteiger partial charge >= 0.3 is 0 Å². The molecule has 0 unspecified atom stereocenters. The van der Waals surface area contributed by atoms with Gasteiger partial charge in [-0.15, -0.1) is 0 Å². The van der Waals surface area contributed by atoms with E-state index in [-0.39, 0.29) is 0 Å². The summed E-state index contributed by atoms with van der Waals surface area (Å²) in [4.78, 5) is 0. The average Bonchev–Trinajstić information content (AvgIpc) is 2.17. The van der Waals surface area contributed by atoms with Gasteiger partial charge in [0.15, 0.2) is 0 Å². The first-order valence-corrected chi connectivity index (χ1v) is 5.29. The monoisotopic (exact) mass is 218 g/mol. The zero-order chi connectivity index (χ0) is 12.2. The molecule has 0 radical (unpaired) electrons. The summed E-state index contributed by atoms with van der Waals surface area (Å²) in [5, 5.41) is 9.85. The molecule has 16 heavy (non-hydrogen) atoms. The number of hydrogen-bond donors (Lipinski definition) is 1. The van der Waals surface area contributed by atoms with Gasteiger partial charge in [0.05, 0.1) is 5.60 Å². The van der Waals surface area contributed by atoms with E-state index in [4.69, 9.17) is 4.74 Å². The van der Waals surface area contributed by atoms with Gasteiger partial charge in [0.25, 0.3) is 0 Å². The van der Waals surface area contributed by atoms with Gasteiger partial charge in [-0.2, -0.15) is 0 Å². The Labute approximate surface area is 97.3 Å². The van der Waals surface area contributed by atoms with E-state index in [0.29, 0.717) is 0 Å². The molecule has 0 aliphatic heterocycles. The van der Waals surface area contributed by atoms with E-state index in [2.05, 4.69) is 12.0 Å². The van der Waals surface area contributed by atoms with Crippen molar-refractivity contribution >= 4 is 0 Å². The third kappa shape index (κ3) is 3.29. The molecule has 0 saturated carbocycles. The first kappa shape index (κ1) is 12.6. The van der Waals surface area contributed by atoms with Crippen molar-refractivity contribution in [2.75, 3.05) is 0 Å². The van der Waals surface area contributed by atoms with Crippen LogP contribution < -0.4 is 0 Å². The second-order valence-corrected chi connectivity index (χ2v) is 4.76. The predicted molar refractivity (Wildman–Crippen MR) is 64.8 cm³/mol.